The Morgan fingerprint density at radius 2 is 1.93 bits per heavy atom. The standard InChI is InChI=1S/C26H34ClN4O8P/c1-16(2)31(17(3)4)40(36-12-6-11-28)39-21-13-23(30-14-18(5)24(32)29-25(30)33)38-22(21)15-35-26(34)37-20-9-7-19(27)8-10-20/h7-10,14,16-17,21-23H,6,12-13,15H2,1-5H3,(H,29,32,33)/t21-,22+,23+,40?/m0/s1. The van der Waals surface area contributed by atoms with Crippen LogP contribution in [0.4, 0.5) is 4.79 Å². The fraction of sp³-hybridized carbons (Fsp3) is 0.538. The number of nitrogens with zero attached hydrogens (tertiary/aromatic N) is 3. The number of hydrogen-bond donors (Lipinski definition) is 1. The average Bonchev–Trinajstić information content (AvgIpc) is 3.28. The number of aryl methyl sites for hydroxylation is 1. The number of aromatic amines is 1. The normalized spacial score (nSPS) is 19.6. The van der Waals surface area contributed by atoms with Crippen LogP contribution in [-0.4, -0.2) is 57.9 Å². The summed E-state index contributed by atoms with van der Waals surface area (Å²) in [6, 6.07) is 8.38. The third-order valence-corrected chi connectivity index (χ3v) is 8.31. The molecule has 2 aromatic rings. The Hall–Kier alpha value is -2.78. The van der Waals surface area contributed by atoms with E-state index in [1.165, 1.54) is 22.9 Å². The van der Waals surface area contributed by atoms with Gasteiger partial charge in [0.2, 0.25) is 0 Å². The third kappa shape index (κ3) is 8.61. The number of halogens is 1. The number of nitrogens with one attached hydrogen (secondary N) is 1. The molecule has 1 aliphatic heterocycles. The number of H-pyrrole nitrogens is 1. The summed E-state index contributed by atoms with van der Waals surface area (Å²) in [7, 11) is -1.66. The number of aromatic nitrogens is 2. The lowest BCUT2D eigenvalue weighted by Crippen LogP contribution is -2.37. The Bertz CT molecular complexity index is 1290. The lowest BCUT2D eigenvalue weighted by atomic mass is 10.2. The van der Waals surface area contributed by atoms with Gasteiger partial charge in [-0.2, -0.15) is 5.26 Å². The molecular formula is C26H34ClN4O8P. The monoisotopic (exact) mass is 596 g/mol. The van der Waals surface area contributed by atoms with E-state index in [-0.39, 0.29) is 43.9 Å². The van der Waals surface area contributed by atoms with Gasteiger partial charge in [0.1, 0.15) is 24.7 Å². The van der Waals surface area contributed by atoms with Crippen LogP contribution in [0, 0.1) is 18.3 Å². The molecule has 0 spiro atoms. The van der Waals surface area contributed by atoms with E-state index < -0.39 is 44.4 Å². The number of nitriles is 1. The zero-order valence-electron chi connectivity index (χ0n) is 23.0. The molecule has 12 nitrogen and oxygen atoms in total. The maximum Gasteiger partial charge on any atom is 0.513 e. The molecule has 1 aromatic heterocycles. The minimum atomic E-state index is -1.66. The molecule has 14 heteroatoms. The zero-order valence-corrected chi connectivity index (χ0v) is 24.7. The maximum absolute atomic E-state index is 12.6. The number of ether oxygens (including phenoxy) is 3. The van der Waals surface area contributed by atoms with E-state index in [2.05, 4.69) is 15.7 Å². The van der Waals surface area contributed by atoms with E-state index >= 15 is 0 Å². The predicted molar refractivity (Wildman–Crippen MR) is 148 cm³/mol. The number of benzene rings is 1. The molecule has 4 atom stereocenters. The molecular weight excluding hydrogens is 563 g/mol. The Labute approximate surface area is 238 Å². The molecule has 0 amide bonds. The number of carbonyl (C=O) groups is 1. The lowest BCUT2D eigenvalue weighted by Gasteiger charge is -2.37. The van der Waals surface area contributed by atoms with Gasteiger partial charge in [-0.05, 0) is 58.9 Å². The van der Waals surface area contributed by atoms with Crippen molar-refractivity contribution < 1.29 is 28.1 Å². The summed E-state index contributed by atoms with van der Waals surface area (Å²) in [5, 5.41) is 9.50. The minimum absolute atomic E-state index is 0.0554. The summed E-state index contributed by atoms with van der Waals surface area (Å²) >= 11 is 5.87. The van der Waals surface area contributed by atoms with Crippen molar-refractivity contribution in [1.82, 2.24) is 14.2 Å². The molecule has 1 N–H and O–H groups in total. The molecule has 3 rings (SSSR count). The van der Waals surface area contributed by atoms with Gasteiger partial charge in [0.05, 0.1) is 25.2 Å². The van der Waals surface area contributed by atoms with Crippen LogP contribution in [0.3, 0.4) is 0 Å². The number of hydrogen-bond acceptors (Lipinski definition) is 10. The lowest BCUT2D eigenvalue weighted by molar-refractivity contribution is -0.0518. The zero-order chi connectivity index (χ0) is 29.4. The quantitative estimate of drug-likeness (QED) is 0.159. The second kappa shape index (κ2) is 14.7. The molecule has 2 heterocycles. The highest BCUT2D eigenvalue weighted by Gasteiger charge is 2.42. The molecule has 0 radical (unpaired) electrons. The first-order chi connectivity index (χ1) is 19.0. The number of rotatable bonds is 12. The molecule has 1 aromatic carbocycles. The van der Waals surface area contributed by atoms with Crippen LogP contribution in [0.15, 0.2) is 40.1 Å². The van der Waals surface area contributed by atoms with Gasteiger partial charge >= 0.3 is 11.8 Å². The Morgan fingerprint density at radius 3 is 2.55 bits per heavy atom. The van der Waals surface area contributed by atoms with Crippen molar-refractivity contribution >= 4 is 26.3 Å². The highest BCUT2D eigenvalue weighted by Crippen LogP contribution is 2.49. The van der Waals surface area contributed by atoms with Gasteiger partial charge in [0.25, 0.3) is 14.1 Å². The molecule has 0 saturated carbocycles. The Kier molecular flexibility index (Phi) is 11.7. The smallest absolute Gasteiger partial charge is 0.431 e. The second-order valence-electron chi connectivity index (χ2n) is 9.65. The molecule has 1 unspecified atom stereocenters. The van der Waals surface area contributed by atoms with E-state index in [9.17, 15) is 14.4 Å². The largest absolute Gasteiger partial charge is 0.513 e. The van der Waals surface area contributed by atoms with Crippen LogP contribution >= 0.6 is 20.1 Å². The van der Waals surface area contributed by atoms with Crippen molar-refractivity contribution in [3.05, 3.63) is 61.9 Å². The van der Waals surface area contributed by atoms with Crippen LogP contribution < -0.4 is 16.0 Å². The van der Waals surface area contributed by atoms with E-state index in [4.69, 9.17) is 40.1 Å². The summed E-state index contributed by atoms with van der Waals surface area (Å²) in [6.07, 6.45) is -1.42. The Balaban J connectivity index is 1.82. The fourth-order valence-corrected chi connectivity index (χ4v) is 6.01. The highest BCUT2D eigenvalue weighted by molar-refractivity contribution is 7.44. The average molecular weight is 597 g/mol. The van der Waals surface area contributed by atoms with Gasteiger partial charge in [-0.1, -0.05) is 11.6 Å². The van der Waals surface area contributed by atoms with Crippen LogP contribution in [0.25, 0.3) is 0 Å². The highest BCUT2D eigenvalue weighted by atomic mass is 35.5. The van der Waals surface area contributed by atoms with Crippen molar-refractivity contribution in [2.24, 2.45) is 0 Å². The van der Waals surface area contributed by atoms with E-state index in [1.807, 2.05) is 27.7 Å². The van der Waals surface area contributed by atoms with Gasteiger partial charge < -0.3 is 23.3 Å². The third-order valence-electron chi connectivity index (χ3n) is 5.90. The van der Waals surface area contributed by atoms with Crippen LogP contribution in [0.1, 0.15) is 52.3 Å². The fourth-order valence-electron chi connectivity index (χ4n) is 4.12. The molecule has 0 aliphatic carbocycles. The predicted octanol–water partition coefficient (Wildman–Crippen LogP) is 4.66. The van der Waals surface area contributed by atoms with Gasteiger partial charge in [-0.25, -0.2) is 14.3 Å². The Morgan fingerprint density at radius 1 is 1.25 bits per heavy atom. The van der Waals surface area contributed by atoms with Crippen molar-refractivity contribution in [3.63, 3.8) is 0 Å². The minimum Gasteiger partial charge on any atom is -0.431 e. The topological polar surface area (TPSA) is 145 Å². The van der Waals surface area contributed by atoms with Crippen molar-refractivity contribution in [2.45, 2.75) is 78.0 Å². The van der Waals surface area contributed by atoms with Crippen molar-refractivity contribution in [2.75, 3.05) is 13.2 Å². The van der Waals surface area contributed by atoms with Crippen LogP contribution in [0.2, 0.25) is 5.02 Å². The van der Waals surface area contributed by atoms with E-state index in [0.717, 1.165) is 0 Å². The summed E-state index contributed by atoms with van der Waals surface area (Å²) in [4.78, 5) is 39.2. The van der Waals surface area contributed by atoms with E-state index in [0.29, 0.717) is 10.6 Å². The van der Waals surface area contributed by atoms with Gasteiger partial charge in [0.15, 0.2) is 0 Å². The van der Waals surface area contributed by atoms with Crippen LogP contribution in [0.5, 0.6) is 5.75 Å². The molecule has 1 saturated heterocycles. The molecule has 218 valence electrons. The summed E-state index contributed by atoms with van der Waals surface area (Å²) in [5.74, 6) is 0.251. The second-order valence-corrected chi connectivity index (χ2v) is 11.5. The molecule has 0 bridgehead atoms. The first-order valence-corrected chi connectivity index (χ1v) is 14.3. The van der Waals surface area contributed by atoms with Gasteiger partial charge in [-0.3, -0.25) is 14.3 Å². The molecule has 1 aliphatic rings. The first-order valence-electron chi connectivity index (χ1n) is 12.8. The maximum atomic E-state index is 12.6. The summed E-state index contributed by atoms with van der Waals surface area (Å²) < 4.78 is 32.5. The van der Waals surface area contributed by atoms with Crippen molar-refractivity contribution in [3.8, 4) is 11.8 Å². The summed E-state index contributed by atoms with van der Waals surface area (Å²) in [5.41, 5.74) is -0.794. The van der Waals surface area contributed by atoms with Crippen molar-refractivity contribution in [1.29, 1.82) is 5.26 Å². The number of carbonyl (C=O) groups excluding carboxylic acids is 1. The summed E-state index contributed by atoms with van der Waals surface area (Å²) in [6.45, 7) is 9.55. The first kappa shape index (κ1) is 31.7. The molecule has 40 heavy (non-hydrogen) atoms. The SMILES string of the molecule is Cc1cn([C@H]2C[C@H](OP(OCCC#N)N(C(C)C)C(C)C)[C@@H](COC(=O)Oc3ccc(Cl)cc3)O2)c(=O)[nH]c1=O. The van der Waals surface area contributed by atoms with E-state index in [1.54, 1.807) is 19.1 Å². The van der Waals surface area contributed by atoms with Gasteiger partial charge in [0, 0.05) is 35.3 Å². The van der Waals surface area contributed by atoms with Gasteiger partial charge in [-0.15, -0.1) is 0 Å². The molecule has 1 fully saturated rings. The van der Waals surface area contributed by atoms with Crippen LogP contribution in [-0.2, 0) is 18.5 Å².